The highest BCUT2D eigenvalue weighted by Gasteiger charge is 2.25. The molecule has 7 heteroatoms. The molecule has 0 aromatic heterocycles. The van der Waals surface area contributed by atoms with Crippen LogP contribution in [0.15, 0.2) is 18.2 Å². The van der Waals surface area contributed by atoms with E-state index >= 15 is 0 Å². The molecule has 0 heterocycles. The van der Waals surface area contributed by atoms with Gasteiger partial charge in [0.25, 0.3) is 5.69 Å². The van der Waals surface area contributed by atoms with Crippen LogP contribution in [0.25, 0.3) is 0 Å². The molecule has 1 rings (SSSR count). The molecule has 0 bridgehead atoms. The number of carboxylic acid groups (broad SMARTS) is 1. The average molecular weight is 312 g/mol. The lowest BCUT2D eigenvalue weighted by molar-refractivity contribution is -0.384. The molecule has 2 N–H and O–H groups in total. The first kappa shape index (κ1) is 17.3. The average Bonchev–Trinajstić information content (AvgIpc) is 2.48. The first-order chi connectivity index (χ1) is 9.89. The Bertz CT molecular complexity index is 521. The first-order valence-corrected chi connectivity index (χ1v) is 7.92. The van der Waals surface area contributed by atoms with Crippen molar-refractivity contribution in [1.29, 1.82) is 0 Å². The Morgan fingerprint density at radius 3 is 2.48 bits per heavy atom. The summed E-state index contributed by atoms with van der Waals surface area (Å²) in [4.78, 5) is 21.5. The SMILES string of the molecule is CCC(CC)(CNc1cc([N+](=O)[O-])ccc1C(=O)O)SC. The minimum Gasteiger partial charge on any atom is -0.478 e. The third-order valence-corrected chi connectivity index (χ3v) is 5.35. The minimum atomic E-state index is -1.10. The molecule has 1 aromatic rings. The summed E-state index contributed by atoms with van der Waals surface area (Å²) in [5, 5.41) is 23.1. The van der Waals surface area contributed by atoms with Crippen LogP contribution in [0.2, 0.25) is 0 Å². The molecule has 0 unspecified atom stereocenters. The second-order valence-corrected chi connectivity index (χ2v) is 6.01. The van der Waals surface area contributed by atoms with Crippen molar-refractivity contribution in [3.05, 3.63) is 33.9 Å². The van der Waals surface area contributed by atoms with Crippen molar-refractivity contribution in [2.45, 2.75) is 31.4 Å². The normalized spacial score (nSPS) is 11.2. The van der Waals surface area contributed by atoms with Crippen LogP contribution >= 0.6 is 11.8 Å². The fourth-order valence-electron chi connectivity index (χ4n) is 2.10. The maximum Gasteiger partial charge on any atom is 0.337 e. The number of anilines is 1. The number of thioether (sulfide) groups is 1. The molecule has 0 aliphatic rings. The van der Waals surface area contributed by atoms with Crippen molar-refractivity contribution in [2.24, 2.45) is 0 Å². The van der Waals surface area contributed by atoms with Crippen LogP contribution in [-0.2, 0) is 0 Å². The summed E-state index contributed by atoms with van der Waals surface area (Å²) in [5.74, 6) is -1.10. The monoisotopic (exact) mass is 312 g/mol. The molecule has 1 aromatic carbocycles. The molecule has 21 heavy (non-hydrogen) atoms. The van der Waals surface area contributed by atoms with Crippen LogP contribution in [0.5, 0.6) is 0 Å². The number of hydrogen-bond donors (Lipinski definition) is 2. The molecular formula is C14H20N2O4S. The van der Waals surface area contributed by atoms with Crippen LogP contribution in [0.1, 0.15) is 37.0 Å². The van der Waals surface area contributed by atoms with Gasteiger partial charge in [-0.1, -0.05) is 13.8 Å². The van der Waals surface area contributed by atoms with Gasteiger partial charge >= 0.3 is 5.97 Å². The third-order valence-electron chi connectivity index (χ3n) is 3.77. The Morgan fingerprint density at radius 1 is 1.43 bits per heavy atom. The summed E-state index contributed by atoms with van der Waals surface area (Å²) in [6, 6.07) is 3.75. The van der Waals surface area contributed by atoms with Crippen molar-refractivity contribution < 1.29 is 14.8 Å². The van der Waals surface area contributed by atoms with Crippen molar-refractivity contribution in [3.63, 3.8) is 0 Å². The molecule has 6 nitrogen and oxygen atoms in total. The second-order valence-electron chi connectivity index (χ2n) is 4.74. The van der Waals surface area contributed by atoms with Gasteiger partial charge < -0.3 is 10.4 Å². The van der Waals surface area contributed by atoms with Gasteiger partial charge in [0, 0.05) is 23.4 Å². The van der Waals surface area contributed by atoms with Gasteiger partial charge in [0.2, 0.25) is 0 Å². The quantitative estimate of drug-likeness (QED) is 0.562. The van der Waals surface area contributed by atoms with Crippen LogP contribution in [0.3, 0.4) is 0 Å². The number of nitrogens with one attached hydrogen (secondary N) is 1. The second kappa shape index (κ2) is 7.31. The highest BCUT2D eigenvalue weighted by atomic mass is 32.2. The lowest BCUT2D eigenvalue weighted by Gasteiger charge is -2.30. The summed E-state index contributed by atoms with van der Waals surface area (Å²) < 4.78 is -0.0135. The number of nitro groups is 1. The van der Waals surface area contributed by atoms with E-state index in [2.05, 4.69) is 19.2 Å². The summed E-state index contributed by atoms with van der Waals surface area (Å²) in [7, 11) is 0. The highest BCUT2D eigenvalue weighted by molar-refractivity contribution is 8.00. The maximum absolute atomic E-state index is 11.2. The molecule has 0 saturated heterocycles. The molecule has 0 atom stereocenters. The van der Waals surface area contributed by atoms with Crippen LogP contribution in [0.4, 0.5) is 11.4 Å². The molecule has 0 spiro atoms. The van der Waals surface area contributed by atoms with E-state index in [1.54, 1.807) is 11.8 Å². The van der Waals surface area contributed by atoms with E-state index in [0.717, 1.165) is 12.8 Å². The molecule has 0 fully saturated rings. The molecule has 0 amide bonds. The predicted octanol–water partition coefficient (Wildman–Crippen LogP) is 3.63. The van der Waals surface area contributed by atoms with E-state index in [9.17, 15) is 20.0 Å². The zero-order valence-electron chi connectivity index (χ0n) is 12.4. The van der Waals surface area contributed by atoms with E-state index in [0.29, 0.717) is 6.54 Å². The van der Waals surface area contributed by atoms with E-state index in [1.165, 1.54) is 18.2 Å². The van der Waals surface area contributed by atoms with E-state index in [4.69, 9.17) is 0 Å². The zero-order valence-corrected chi connectivity index (χ0v) is 13.2. The van der Waals surface area contributed by atoms with Gasteiger partial charge in [-0.3, -0.25) is 10.1 Å². The number of non-ortho nitro benzene ring substituents is 1. The van der Waals surface area contributed by atoms with Gasteiger partial charge in [-0.15, -0.1) is 0 Å². The number of nitrogens with zero attached hydrogens (tertiary/aromatic N) is 1. The van der Waals surface area contributed by atoms with Crippen molar-refractivity contribution in [2.75, 3.05) is 18.1 Å². The van der Waals surface area contributed by atoms with Gasteiger partial charge in [-0.05, 0) is 25.2 Å². The number of nitro benzene ring substituents is 1. The van der Waals surface area contributed by atoms with E-state index in [1.807, 2.05) is 6.26 Å². The van der Waals surface area contributed by atoms with Crippen molar-refractivity contribution >= 4 is 29.1 Å². The Morgan fingerprint density at radius 2 is 2.05 bits per heavy atom. The third kappa shape index (κ3) is 4.10. The largest absolute Gasteiger partial charge is 0.478 e. The minimum absolute atomic E-state index is 0.0135. The van der Waals surface area contributed by atoms with Gasteiger partial charge in [0.15, 0.2) is 0 Å². The number of benzene rings is 1. The van der Waals surface area contributed by atoms with Crippen molar-refractivity contribution in [3.8, 4) is 0 Å². The molecular weight excluding hydrogens is 292 g/mol. The van der Waals surface area contributed by atoms with Gasteiger partial charge in [-0.2, -0.15) is 11.8 Å². The van der Waals surface area contributed by atoms with Gasteiger partial charge in [0.05, 0.1) is 16.2 Å². The summed E-state index contributed by atoms with van der Waals surface area (Å²) >= 11 is 1.72. The fourth-order valence-corrected chi connectivity index (χ4v) is 2.89. The standard InChI is InChI=1S/C14H20N2O4S/c1-4-14(5-2,21-3)9-15-12-8-10(16(19)20)6-7-11(12)13(17)18/h6-8,15H,4-5,9H2,1-3H3,(H,17,18). The summed E-state index contributed by atoms with van der Waals surface area (Å²) in [6.45, 7) is 4.71. The van der Waals surface area contributed by atoms with E-state index < -0.39 is 10.9 Å². The summed E-state index contributed by atoms with van der Waals surface area (Å²) in [5.41, 5.74) is 0.213. The number of rotatable bonds is 8. The molecule has 0 aliphatic heterocycles. The van der Waals surface area contributed by atoms with Crippen LogP contribution in [-0.4, -0.2) is 33.5 Å². The number of carboxylic acids is 1. The maximum atomic E-state index is 11.2. The Kier molecular flexibility index (Phi) is 6.02. The number of aromatic carboxylic acids is 1. The number of carbonyl (C=O) groups is 1. The van der Waals surface area contributed by atoms with Crippen molar-refractivity contribution in [1.82, 2.24) is 0 Å². The lowest BCUT2D eigenvalue weighted by Crippen LogP contribution is -2.32. The Hall–Kier alpha value is -1.76. The van der Waals surface area contributed by atoms with Gasteiger partial charge in [-0.25, -0.2) is 4.79 Å². The van der Waals surface area contributed by atoms with Crippen LogP contribution in [0, 0.1) is 10.1 Å². The van der Waals surface area contributed by atoms with Gasteiger partial charge in [0.1, 0.15) is 0 Å². The predicted molar refractivity (Wildman–Crippen MR) is 85.4 cm³/mol. The molecule has 0 radical (unpaired) electrons. The molecule has 0 aliphatic carbocycles. The smallest absolute Gasteiger partial charge is 0.337 e. The lowest BCUT2D eigenvalue weighted by atomic mass is 10.0. The highest BCUT2D eigenvalue weighted by Crippen LogP contribution is 2.32. The first-order valence-electron chi connectivity index (χ1n) is 6.70. The van der Waals surface area contributed by atoms with E-state index in [-0.39, 0.29) is 21.7 Å². The Labute approximate surface area is 128 Å². The summed E-state index contributed by atoms with van der Waals surface area (Å²) in [6.07, 6.45) is 3.87. The fraction of sp³-hybridized carbons (Fsp3) is 0.500. The molecule has 116 valence electrons. The topological polar surface area (TPSA) is 92.5 Å². The Balaban J connectivity index is 3.07. The number of hydrogen-bond acceptors (Lipinski definition) is 5. The van der Waals surface area contributed by atoms with Crippen LogP contribution < -0.4 is 5.32 Å². The molecule has 0 saturated carbocycles. The zero-order chi connectivity index (χ0) is 16.0.